The molecule has 12 heavy (non-hydrogen) atoms. The van der Waals surface area contributed by atoms with Gasteiger partial charge in [0, 0.05) is 5.88 Å². The Morgan fingerprint density at radius 1 is 1.42 bits per heavy atom. The third-order valence-corrected chi connectivity index (χ3v) is 3.24. The van der Waals surface area contributed by atoms with E-state index in [2.05, 4.69) is 0 Å². The summed E-state index contributed by atoms with van der Waals surface area (Å²) in [6, 6.07) is -0.399. The lowest BCUT2D eigenvalue weighted by atomic mass is 10.5. The van der Waals surface area contributed by atoms with Gasteiger partial charge >= 0.3 is 10.3 Å². The van der Waals surface area contributed by atoms with Gasteiger partial charge in [0.15, 0.2) is 0 Å². The van der Waals surface area contributed by atoms with Gasteiger partial charge in [-0.05, 0) is 6.42 Å². The number of alkyl halides is 3. The minimum atomic E-state index is -4.33. The van der Waals surface area contributed by atoms with Gasteiger partial charge in [0.05, 0.1) is 6.00 Å². The van der Waals surface area contributed by atoms with Crippen LogP contribution in [0.25, 0.3) is 0 Å². The third kappa shape index (κ3) is 4.11. The average molecular weight is 257 g/mol. The van der Waals surface area contributed by atoms with Gasteiger partial charge in [-0.1, -0.05) is 0 Å². The van der Waals surface area contributed by atoms with Crippen LogP contribution in [0.15, 0.2) is 0 Å². The smallest absolute Gasteiger partial charge is 0.273 e. The normalized spacial score (nSPS) is 15.1. The van der Waals surface area contributed by atoms with Crippen molar-refractivity contribution in [3.8, 4) is 0 Å². The van der Waals surface area contributed by atoms with Crippen LogP contribution in [-0.4, -0.2) is 34.7 Å². The van der Waals surface area contributed by atoms with E-state index in [4.69, 9.17) is 39.4 Å². The Labute approximate surface area is 86.3 Å². The summed E-state index contributed by atoms with van der Waals surface area (Å²) in [6.45, 7) is 0. The molecule has 0 saturated heterocycles. The van der Waals surface area contributed by atoms with Crippen LogP contribution in [0.3, 0.4) is 0 Å². The molecule has 1 unspecified atom stereocenters. The molecule has 0 aliphatic rings. The Hall–Kier alpha value is 0.740. The van der Waals surface area contributed by atoms with Crippen molar-refractivity contribution in [1.29, 1.82) is 0 Å². The minimum Gasteiger partial charge on any atom is -0.273 e. The molecule has 74 valence electrons. The molecule has 0 aliphatic heterocycles. The van der Waals surface area contributed by atoms with Crippen molar-refractivity contribution in [2.45, 2.75) is 11.9 Å². The number of nitrogens with zero attached hydrogens (tertiary/aromatic N) is 1. The third-order valence-electron chi connectivity index (χ3n) is 1.07. The fourth-order valence-corrected chi connectivity index (χ4v) is 2.44. The summed E-state index contributed by atoms with van der Waals surface area (Å²) < 4.78 is 30.2. The molecule has 0 aliphatic carbocycles. The molecule has 0 amide bonds. The average Bonchev–Trinajstić information content (AvgIpc) is 1.85. The number of halogens is 3. The predicted molar refractivity (Wildman–Crippen MR) is 49.1 cm³/mol. The first kappa shape index (κ1) is 12.7. The highest BCUT2D eigenvalue weighted by Crippen LogP contribution is 2.14. The zero-order valence-corrected chi connectivity index (χ0v) is 9.04. The predicted octanol–water partition coefficient (Wildman–Crippen LogP) is 1.48. The summed E-state index contributed by atoms with van der Waals surface area (Å²) in [4.78, 5) is 0. The zero-order chi connectivity index (χ0) is 9.78. The molecule has 0 spiro atoms. The largest absolute Gasteiger partial charge is 0.338 e. The molecule has 0 heterocycles. The second kappa shape index (κ2) is 5.47. The molecule has 0 aromatic rings. The number of hydrogen-bond donors (Lipinski definition) is 1. The molecular formula is C4H8Cl3NO3S. The van der Waals surface area contributed by atoms with Gasteiger partial charge in [-0.2, -0.15) is 8.42 Å². The van der Waals surface area contributed by atoms with Crippen LogP contribution in [0.5, 0.6) is 0 Å². The lowest BCUT2D eigenvalue weighted by molar-refractivity contribution is 0.360. The summed E-state index contributed by atoms with van der Waals surface area (Å²) in [6.07, 6.45) is 0.218. The van der Waals surface area contributed by atoms with E-state index in [-0.39, 0.29) is 12.3 Å². The summed E-state index contributed by atoms with van der Waals surface area (Å²) in [5, 5.41) is 0. The van der Waals surface area contributed by atoms with Crippen LogP contribution in [-0.2, 0) is 10.3 Å². The van der Waals surface area contributed by atoms with Gasteiger partial charge in [0.1, 0.15) is 5.50 Å². The van der Waals surface area contributed by atoms with Crippen molar-refractivity contribution >= 4 is 45.1 Å². The van der Waals surface area contributed by atoms with Crippen LogP contribution in [0.1, 0.15) is 6.42 Å². The second-order valence-corrected chi connectivity index (χ2v) is 4.38. The van der Waals surface area contributed by atoms with E-state index in [1.807, 2.05) is 0 Å². The van der Waals surface area contributed by atoms with Crippen molar-refractivity contribution in [2.24, 2.45) is 0 Å². The Morgan fingerprint density at radius 3 is 2.17 bits per heavy atom. The topological polar surface area (TPSA) is 57.6 Å². The molecular weight excluding hydrogens is 248 g/mol. The Kier molecular flexibility index (Phi) is 5.80. The summed E-state index contributed by atoms with van der Waals surface area (Å²) in [7, 11) is -4.33. The molecule has 1 N–H and O–H groups in total. The molecule has 0 rings (SSSR count). The molecule has 0 radical (unpaired) electrons. The van der Waals surface area contributed by atoms with Crippen molar-refractivity contribution in [2.75, 3.05) is 11.9 Å². The molecule has 0 bridgehead atoms. The van der Waals surface area contributed by atoms with Gasteiger partial charge < -0.3 is 0 Å². The van der Waals surface area contributed by atoms with Crippen LogP contribution in [0, 0.1) is 0 Å². The molecule has 1 atom stereocenters. The van der Waals surface area contributed by atoms with Gasteiger partial charge in [-0.3, -0.25) is 4.55 Å². The first-order chi connectivity index (χ1) is 5.43. The van der Waals surface area contributed by atoms with E-state index in [0.29, 0.717) is 4.31 Å². The van der Waals surface area contributed by atoms with E-state index in [1.54, 1.807) is 0 Å². The van der Waals surface area contributed by atoms with E-state index in [9.17, 15) is 8.42 Å². The van der Waals surface area contributed by atoms with Crippen molar-refractivity contribution in [1.82, 2.24) is 4.31 Å². The standard InChI is InChI=1S/C4H8Cl3NO3S/c5-2-1-4(7)8(3-6)12(9,10)11/h4H,1-3H2,(H,9,10,11). The highest BCUT2D eigenvalue weighted by Gasteiger charge is 2.25. The van der Waals surface area contributed by atoms with Crippen LogP contribution in [0.2, 0.25) is 0 Å². The molecule has 0 saturated carbocycles. The first-order valence-corrected chi connectivity index (χ1v) is 5.84. The minimum absolute atomic E-state index is 0.192. The van der Waals surface area contributed by atoms with E-state index < -0.39 is 21.8 Å². The fourth-order valence-electron chi connectivity index (χ4n) is 0.515. The summed E-state index contributed by atoms with van der Waals surface area (Å²) in [5.41, 5.74) is -0.907. The van der Waals surface area contributed by atoms with Crippen molar-refractivity contribution in [3.63, 3.8) is 0 Å². The lowest BCUT2D eigenvalue weighted by Crippen LogP contribution is -2.36. The molecule has 0 aromatic heterocycles. The van der Waals surface area contributed by atoms with Gasteiger partial charge in [-0.15, -0.1) is 39.1 Å². The van der Waals surface area contributed by atoms with E-state index in [1.165, 1.54) is 0 Å². The maximum Gasteiger partial charge on any atom is 0.338 e. The summed E-state index contributed by atoms with van der Waals surface area (Å²) in [5.74, 6) is 0.192. The maximum absolute atomic E-state index is 10.5. The van der Waals surface area contributed by atoms with Crippen LogP contribution in [0.4, 0.5) is 0 Å². The molecule has 0 fully saturated rings. The monoisotopic (exact) mass is 255 g/mol. The highest BCUT2D eigenvalue weighted by molar-refractivity contribution is 7.83. The van der Waals surface area contributed by atoms with Gasteiger partial charge in [0.2, 0.25) is 0 Å². The molecule has 0 aromatic carbocycles. The quantitative estimate of drug-likeness (QED) is 0.460. The van der Waals surface area contributed by atoms with Crippen LogP contribution < -0.4 is 0 Å². The van der Waals surface area contributed by atoms with Crippen molar-refractivity contribution < 1.29 is 13.0 Å². The van der Waals surface area contributed by atoms with E-state index in [0.717, 1.165) is 0 Å². The summed E-state index contributed by atoms with van der Waals surface area (Å²) >= 11 is 16.1. The first-order valence-electron chi connectivity index (χ1n) is 2.93. The maximum atomic E-state index is 10.5. The fraction of sp³-hybridized carbons (Fsp3) is 1.00. The highest BCUT2D eigenvalue weighted by atomic mass is 35.5. The SMILES string of the molecule is O=S(=O)(O)N(CCl)C(Cl)CCCl. The van der Waals surface area contributed by atoms with Gasteiger partial charge in [-0.25, -0.2) is 0 Å². The Morgan fingerprint density at radius 2 is 1.92 bits per heavy atom. The Balaban J connectivity index is 4.35. The molecule has 8 heteroatoms. The number of hydrogen-bond acceptors (Lipinski definition) is 2. The number of rotatable bonds is 5. The van der Waals surface area contributed by atoms with E-state index >= 15 is 0 Å². The lowest BCUT2D eigenvalue weighted by Gasteiger charge is -2.19. The molecule has 4 nitrogen and oxygen atoms in total. The zero-order valence-electron chi connectivity index (χ0n) is 5.95. The van der Waals surface area contributed by atoms with Crippen LogP contribution >= 0.6 is 34.8 Å². The van der Waals surface area contributed by atoms with Crippen molar-refractivity contribution in [3.05, 3.63) is 0 Å². The Bertz CT molecular complexity index is 220. The van der Waals surface area contributed by atoms with Gasteiger partial charge in [0.25, 0.3) is 0 Å². The second-order valence-electron chi connectivity index (χ2n) is 1.90.